The predicted molar refractivity (Wildman–Crippen MR) is 212 cm³/mol. The summed E-state index contributed by atoms with van der Waals surface area (Å²) in [6.45, 7) is 20.4. The number of nitrogens with one attached hydrogen (secondary N) is 1. The van der Waals surface area contributed by atoms with Crippen LogP contribution in [-0.4, -0.2) is 48.2 Å². The smallest absolute Gasteiger partial charge is 0.253 e. The van der Waals surface area contributed by atoms with Gasteiger partial charge in [-0.2, -0.15) is 0 Å². The number of carbonyl (C=O) groups excluding carboxylic acids is 4. The maximum atomic E-state index is 13.3. The van der Waals surface area contributed by atoms with Crippen molar-refractivity contribution >= 4 is 40.5 Å². The van der Waals surface area contributed by atoms with Crippen LogP contribution in [0.5, 0.6) is 0 Å². The molecule has 0 spiro atoms. The molecular formula is C42H64N4O4. The number of carbonyl (C=O) groups is 4. The van der Waals surface area contributed by atoms with E-state index in [9.17, 15) is 19.2 Å². The second-order valence-electron chi connectivity index (χ2n) is 11.2. The summed E-state index contributed by atoms with van der Waals surface area (Å²) in [5, 5.41) is 2.73. The van der Waals surface area contributed by atoms with Crippen LogP contribution in [0.3, 0.4) is 0 Å². The molecule has 0 unspecified atom stereocenters. The van der Waals surface area contributed by atoms with Crippen molar-refractivity contribution in [2.75, 3.05) is 24.5 Å². The molecule has 2 aliphatic rings. The zero-order valence-corrected chi connectivity index (χ0v) is 32.3. The average Bonchev–Trinajstić information content (AvgIpc) is 3.49. The molecule has 2 aliphatic heterocycles. The van der Waals surface area contributed by atoms with Crippen LogP contribution in [0.1, 0.15) is 124 Å². The number of imide groups is 1. The Hall–Kier alpha value is -4.48. The molecule has 0 saturated heterocycles. The lowest BCUT2D eigenvalue weighted by Crippen LogP contribution is -2.37. The van der Waals surface area contributed by atoms with Gasteiger partial charge >= 0.3 is 0 Å². The van der Waals surface area contributed by atoms with Crippen molar-refractivity contribution in [2.45, 2.75) is 114 Å². The van der Waals surface area contributed by atoms with Crippen LogP contribution >= 0.6 is 0 Å². The highest BCUT2D eigenvalue weighted by atomic mass is 16.2. The van der Waals surface area contributed by atoms with Crippen molar-refractivity contribution in [1.29, 1.82) is 0 Å². The average molecular weight is 689 g/mol. The van der Waals surface area contributed by atoms with E-state index in [1.54, 1.807) is 4.90 Å². The third-order valence-corrected chi connectivity index (χ3v) is 7.62. The molecule has 2 aromatic rings. The molecule has 8 nitrogen and oxygen atoms in total. The van der Waals surface area contributed by atoms with E-state index in [-0.39, 0.29) is 37.7 Å². The van der Waals surface area contributed by atoms with Crippen molar-refractivity contribution in [3.8, 4) is 12.8 Å². The number of anilines is 1. The van der Waals surface area contributed by atoms with Gasteiger partial charge in [-0.1, -0.05) is 117 Å². The molecule has 8 heteroatoms. The fraction of sp³-hybridized carbons (Fsp3) is 0.476. The number of benzene rings is 2. The number of nitrogens with two attached hydrogens (primary N) is 1. The lowest BCUT2D eigenvalue weighted by atomic mass is 9.90. The number of hydrogen-bond acceptors (Lipinski definition) is 5. The summed E-state index contributed by atoms with van der Waals surface area (Å²) in [4.78, 5) is 51.5. The molecule has 0 saturated carbocycles. The predicted octanol–water partition coefficient (Wildman–Crippen LogP) is 8.55. The van der Waals surface area contributed by atoms with E-state index in [0.29, 0.717) is 6.54 Å². The maximum Gasteiger partial charge on any atom is 0.253 e. The first kappa shape index (κ1) is 47.6. The standard InChI is InChI=1S/C27H27N3O4.2C4H10.C3H9N.C2H6.C2H2/c1-18-19(2)22-9-5-6-10-23(22)30(17-20-7-3-4-8-21(18)20)27(34)13-15-28-24(31)14-16-29-25(32)11-12-26(29)33;2*1-3-4-2;1-2-3-4;2*1-2/h3-12H,13-17H2,1-2H3,(H,28,31);2*3-4H2,1-2H3;2-4H2,1H3;1-2H3;1-2H/b19-18-;;;;;. The number of allylic oxidation sites excluding steroid dienone is 2. The first-order valence-electron chi connectivity index (χ1n) is 18.1. The van der Waals surface area contributed by atoms with Gasteiger partial charge in [-0.3, -0.25) is 24.1 Å². The molecule has 4 rings (SSSR count). The van der Waals surface area contributed by atoms with E-state index < -0.39 is 11.8 Å². The summed E-state index contributed by atoms with van der Waals surface area (Å²) in [7, 11) is 0. The number of rotatable bonds is 9. The Morgan fingerprint density at radius 2 is 1.20 bits per heavy atom. The SMILES string of the molecule is C#C.C/C1=C(\C)c2ccccc2N(C(=O)CCNC(=O)CCN2C(=O)C=CC2=O)Cc2ccccc21.CC.CCCC.CCCC.CCCN. The number of terminal acetylenes is 1. The minimum atomic E-state index is -0.413. The Labute approximate surface area is 303 Å². The van der Waals surface area contributed by atoms with Crippen molar-refractivity contribution in [3.63, 3.8) is 0 Å². The fourth-order valence-corrected chi connectivity index (χ4v) is 4.33. The minimum absolute atomic E-state index is 0.00343. The summed E-state index contributed by atoms with van der Waals surface area (Å²) in [6, 6.07) is 16.0. The first-order chi connectivity index (χ1) is 24.1. The second kappa shape index (κ2) is 29.4. The second-order valence-corrected chi connectivity index (χ2v) is 11.2. The number of unbranched alkanes of at least 4 members (excludes halogenated alkanes) is 2. The highest BCUT2D eigenvalue weighted by molar-refractivity contribution is 6.13. The normalized spacial score (nSPS) is 13.7. The molecule has 4 amide bonds. The third-order valence-electron chi connectivity index (χ3n) is 7.62. The summed E-state index contributed by atoms with van der Waals surface area (Å²) >= 11 is 0. The minimum Gasteiger partial charge on any atom is -0.356 e. The van der Waals surface area contributed by atoms with Crippen LogP contribution in [0.15, 0.2) is 60.7 Å². The molecule has 50 heavy (non-hydrogen) atoms. The Kier molecular flexibility index (Phi) is 28.0. The largest absolute Gasteiger partial charge is 0.356 e. The Bertz CT molecular complexity index is 1340. The number of fused-ring (bicyclic) bond motifs is 2. The molecule has 276 valence electrons. The van der Waals surface area contributed by atoms with E-state index in [1.807, 2.05) is 56.3 Å². The summed E-state index contributed by atoms with van der Waals surface area (Å²) in [5.74, 6) is -1.23. The zero-order valence-electron chi connectivity index (χ0n) is 32.3. The molecule has 0 radical (unpaired) electrons. The summed E-state index contributed by atoms with van der Waals surface area (Å²) < 4.78 is 0. The lowest BCUT2D eigenvalue weighted by Gasteiger charge is -2.30. The van der Waals surface area contributed by atoms with Crippen LogP contribution in [0, 0.1) is 12.8 Å². The topological polar surface area (TPSA) is 113 Å². The first-order valence-corrected chi connectivity index (χ1v) is 18.1. The molecule has 2 aromatic carbocycles. The number of hydrogen-bond donors (Lipinski definition) is 2. The van der Waals surface area contributed by atoms with Gasteiger partial charge < -0.3 is 16.0 Å². The Morgan fingerprint density at radius 3 is 1.70 bits per heavy atom. The van der Waals surface area contributed by atoms with Gasteiger partial charge in [0, 0.05) is 43.6 Å². The van der Waals surface area contributed by atoms with Gasteiger partial charge in [-0.25, -0.2) is 0 Å². The van der Waals surface area contributed by atoms with E-state index in [2.05, 4.69) is 72.7 Å². The molecule has 0 aliphatic carbocycles. The monoisotopic (exact) mass is 688 g/mol. The van der Waals surface area contributed by atoms with E-state index >= 15 is 0 Å². The van der Waals surface area contributed by atoms with E-state index in [1.165, 1.54) is 43.4 Å². The van der Waals surface area contributed by atoms with Crippen molar-refractivity contribution in [2.24, 2.45) is 5.73 Å². The number of amides is 4. The van der Waals surface area contributed by atoms with Crippen molar-refractivity contribution in [3.05, 3.63) is 77.4 Å². The maximum absolute atomic E-state index is 13.3. The van der Waals surface area contributed by atoms with Crippen molar-refractivity contribution in [1.82, 2.24) is 10.2 Å². The van der Waals surface area contributed by atoms with Gasteiger partial charge in [0.1, 0.15) is 0 Å². The molecular weight excluding hydrogens is 624 g/mol. The van der Waals surface area contributed by atoms with Gasteiger partial charge in [-0.15, -0.1) is 12.8 Å². The van der Waals surface area contributed by atoms with Crippen molar-refractivity contribution < 1.29 is 19.2 Å². The van der Waals surface area contributed by atoms with E-state index in [0.717, 1.165) is 45.8 Å². The van der Waals surface area contributed by atoms with Gasteiger partial charge in [0.25, 0.3) is 11.8 Å². The highest BCUT2D eigenvalue weighted by Gasteiger charge is 2.25. The molecule has 0 bridgehead atoms. The molecule has 3 N–H and O–H groups in total. The molecule has 0 atom stereocenters. The molecule has 2 heterocycles. The number of para-hydroxylation sites is 1. The van der Waals surface area contributed by atoms with Crippen LogP contribution in [0.2, 0.25) is 0 Å². The van der Waals surface area contributed by atoms with Gasteiger partial charge in [0.2, 0.25) is 11.8 Å². The van der Waals surface area contributed by atoms with E-state index in [4.69, 9.17) is 5.73 Å². The van der Waals surface area contributed by atoms with Crippen LogP contribution < -0.4 is 16.0 Å². The quantitative estimate of drug-likeness (QED) is 0.203. The Morgan fingerprint density at radius 1 is 0.740 bits per heavy atom. The zero-order chi connectivity index (χ0) is 38.5. The van der Waals surface area contributed by atoms with Gasteiger partial charge in [0.05, 0.1) is 12.2 Å². The highest BCUT2D eigenvalue weighted by Crippen LogP contribution is 2.37. The lowest BCUT2D eigenvalue weighted by molar-refractivity contribution is -0.137. The fourth-order valence-electron chi connectivity index (χ4n) is 4.33. The molecule has 0 fully saturated rings. The molecule has 0 aromatic heterocycles. The van der Waals surface area contributed by atoms with Crippen LogP contribution in [0.25, 0.3) is 11.1 Å². The summed E-state index contributed by atoms with van der Waals surface area (Å²) in [5.41, 5.74) is 11.4. The van der Waals surface area contributed by atoms with Gasteiger partial charge in [-0.05, 0) is 55.2 Å². The number of nitrogens with zero attached hydrogens (tertiary/aromatic N) is 2. The van der Waals surface area contributed by atoms with Crippen LogP contribution in [-0.2, 0) is 25.7 Å². The Balaban J connectivity index is 0. The summed E-state index contributed by atoms with van der Waals surface area (Å²) in [6.07, 6.45) is 16.9. The van der Waals surface area contributed by atoms with Gasteiger partial charge in [0.15, 0.2) is 0 Å². The third kappa shape index (κ3) is 16.8. The van der Waals surface area contributed by atoms with Crippen LogP contribution in [0.4, 0.5) is 5.69 Å².